The van der Waals surface area contributed by atoms with Crippen molar-refractivity contribution < 1.29 is 10.0 Å². The highest BCUT2D eigenvalue weighted by Gasteiger charge is 2.26. The fraction of sp³-hybridized carbons (Fsp3) is 0.400. The molecule has 3 rings (SSSR count). The zero-order valence-corrected chi connectivity index (χ0v) is 12.6. The van der Waals surface area contributed by atoms with E-state index in [4.69, 9.17) is 11.6 Å². The summed E-state index contributed by atoms with van der Waals surface area (Å²) in [6.45, 7) is 0.522. The van der Waals surface area contributed by atoms with Crippen LogP contribution >= 0.6 is 11.6 Å². The van der Waals surface area contributed by atoms with Crippen LogP contribution in [-0.4, -0.2) is 27.7 Å². The monoisotopic (exact) mass is 321 g/mol. The Kier molecular flexibility index (Phi) is 4.13. The lowest BCUT2D eigenvalue weighted by molar-refractivity contribution is -0.383. The number of aromatic nitrogens is 1. The van der Waals surface area contributed by atoms with E-state index in [-0.39, 0.29) is 17.7 Å². The number of hydrogen-bond acceptors (Lipinski definition) is 5. The molecule has 0 radical (unpaired) electrons. The van der Waals surface area contributed by atoms with Gasteiger partial charge in [-0.1, -0.05) is 18.0 Å². The van der Waals surface area contributed by atoms with Gasteiger partial charge in [-0.2, -0.15) is 0 Å². The van der Waals surface area contributed by atoms with Gasteiger partial charge in [0.25, 0.3) is 5.69 Å². The van der Waals surface area contributed by atoms with Crippen LogP contribution in [0.2, 0.25) is 5.15 Å². The molecule has 2 unspecified atom stereocenters. The molecule has 0 aliphatic heterocycles. The van der Waals surface area contributed by atoms with Crippen molar-refractivity contribution in [1.82, 2.24) is 4.98 Å². The fourth-order valence-corrected chi connectivity index (χ4v) is 3.08. The number of rotatable bonds is 4. The van der Waals surface area contributed by atoms with Crippen molar-refractivity contribution in [3.63, 3.8) is 0 Å². The molecular weight excluding hydrogens is 306 g/mol. The van der Waals surface area contributed by atoms with E-state index in [0.29, 0.717) is 22.9 Å². The average Bonchev–Trinajstić information content (AvgIpc) is 2.89. The number of aliphatic hydroxyl groups excluding tert-OH is 1. The van der Waals surface area contributed by atoms with Crippen molar-refractivity contribution in [2.45, 2.75) is 25.4 Å². The topological polar surface area (TPSA) is 88.3 Å². The maximum Gasteiger partial charge on any atom is 0.294 e. The number of nitro benzene ring substituents is 1. The smallest absolute Gasteiger partial charge is 0.294 e. The fourth-order valence-electron chi connectivity index (χ4n) is 2.92. The molecule has 1 aromatic heterocycles. The molecule has 0 bridgehead atoms. The minimum Gasteiger partial charge on any atom is -0.393 e. The van der Waals surface area contributed by atoms with Crippen molar-refractivity contribution in [2.75, 3.05) is 11.9 Å². The molecule has 1 aliphatic rings. The first-order valence-corrected chi connectivity index (χ1v) is 7.59. The van der Waals surface area contributed by atoms with Gasteiger partial charge in [0, 0.05) is 23.9 Å². The van der Waals surface area contributed by atoms with E-state index in [9.17, 15) is 15.2 Å². The molecule has 1 fully saturated rings. The molecular formula is C15H16ClN3O3. The SMILES string of the molecule is O=[N+]([O-])c1cc2nc(Cl)ccc2cc1NCC1CCCC1O. The molecule has 6 nitrogen and oxygen atoms in total. The van der Waals surface area contributed by atoms with Gasteiger partial charge in [-0.05, 0) is 31.0 Å². The highest BCUT2D eigenvalue weighted by Crippen LogP contribution is 2.32. The van der Waals surface area contributed by atoms with Gasteiger partial charge < -0.3 is 10.4 Å². The third-order valence-electron chi connectivity index (χ3n) is 4.14. The van der Waals surface area contributed by atoms with Crippen LogP contribution < -0.4 is 5.32 Å². The van der Waals surface area contributed by atoms with Crippen molar-refractivity contribution in [2.24, 2.45) is 5.92 Å². The standard InChI is InChI=1S/C15H16ClN3O3/c16-15-5-4-9-6-12(13(19(21)22)7-11(9)18-15)17-8-10-2-1-3-14(10)20/h4-7,10,14,17,20H,1-3,8H2. The predicted molar refractivity (Wildman–Crippen MR) is 85.2 cm³/mol. The number of hydrogen-bond donors (Lipinski definition) is 2. The molecule has 1 heterocycles. The second-order valence-electron chi connectivity index (χ2n) is 5.59. The Morgan fingerprint density at radius 2 is 2.23 bits per heavy atom. The summed E-state index contributed by atoms with van der Waals surface area (Å²) in [6, 6.07) is 6.57. The Morgan fingerprint density at radius 1 is 1.41 bits per heavy atom. The molecule has 1 saturated carbocycles. The van der Waals surface area contributed by atoms with Crippen LogP contribution in [0.3, 0.4) is 0 Å². The zero-order chi connectivity index (χ0) is 15.7. The molecule has 22 heavy (non-hydrogen) atoms. The van der Waals surface area contributed by atoms with Crippen molar-refractivity contribution in [1.29, 1.82) is 0 Å². The van der Waals surface area contributed by atoms with Crippen molar-refractivity contribution in [3.8, 4) is 0 Å². The number of pyridine rings is 1. The van der Waals surface area contributed by atoms with Crippen molar-refractivity contribution >= 4 is 33.9 Å². The van der Waals surface area contributed by atoms with E-state index >= 15 is 0 Å². The molecule has 2 atom stereocenters. The predicted octanol–water partition coefficient (Wildman–Crippen LogP) is 3.37. The zero-order valence-electron chi connectivity index (χ0n) is 11.8. The summed E-state index contributed by atoms with van der Waals surface area (Å²) in [5.41, 5.74) is 0.904. The van der Waals surface area contributed by atoms with E-state index in [1.54, 1.807) is 18.2 Å². The Labute approximate surface area is 132 Å². The van der Waals surface area contributed by atoms with Crippen LogP contribution in [0.4, 0.5) is 11.4 Å². The largest absolute Gasteiger partial charge is 0.393 e. The van der Waals surface area contributed by atoms with E-state index in [0.717, 1.165) is 24.6 Å². The lowest BCUT2D eigenvalue weighted by Crippen LogP contribution is -2.22. The first kappa shape index (κ1) is 15.0. The number of halogens is 1. The summed E-state index contributed by atoms with van der Waals surface area (Å²) in [4.78, 5) is 14.9. The van der Waals surface area contributed by atoms with Crippen molar-refractivity contribution in [3.05, 3.63) is 39.5 Å². The summed E-state index contributed by atoms with van der Waals surface area (Å²) < 4.78 is 0. The maximum absolute atomic E-state index is 11.3. The summed E-state index contributed by atoms with van der Waals surface area (Å²) in [5, 5.41) is 25.3. The Balaban J connectivity index is 1.91. The van der Waals surface area contributed by atoms with Crippen LogP contribution in [0.5, 0.6) is 0 Å². The van der Waals surface area contributed by atoms with Crippen LogP contribution in [-0.2, 0) is 0 Å². The number of nitrogens with one attached hydrogen (secondary N) is 1. The number of nitrogens with zero attached hydrogens (tertiary/aromatic N) is 2. The van der Waals surface area contributed by atoms with Crippen LogP contribution in [0, 0.1) is 16.0 Å². The number of benzene rings is 1. The molecule has 7 heteroatoms. The summed E-state index contributed by atoms with van der Waals surface area (Å²) in [6.07, 6.45) is 2.41. The number of fused-ring (bicyclic) bond motifs is 1. The van der Waals surface area contributed by atoms with Gasteiger partial charge in [0.15, 0.2) is 0 Å². The normalized spacial score (nSPS) is 21.2. The molecule has 1 aliphatic carbocycles. The van der Waals surface area contributed by atoms with E-state index in [1.165, 1.54) is 6.07 Å². The number of nitro groups is 1. The van der Waals surface area contributed by atoms with E-state index in [2.05, 4.69) is 10.3 Å². The molecule has 2 N–H and O–H groups in total. The quantitative estimate of drug-likeness (QED) is 0.512. The number of aliphatic hydroxyl groups is 1. The van der Waals surface area contributed by atoms with E-state index in [1.807, 2.05) is 0 Å². The lowest BCUT2D eigenvalue weighted by Gasteiger charge is -2.16. The van der Waals surface area contributed by atoms with Gasteiger partial charge in [-0.25, -0.2) is 4.98 Å². The molecule has 116 valence electrons. The van der Waals surface area contributed by atoms with Crippen LogP contribution in [0.1, 0.15) is 19.3 Å². The van der Waals surface area contributed by atoms with Gasteiger partial charge in [0.2, 0.25) is 0 Å². The minimum atomic E-state index is -0.435. The lowest BCUT2D eigenvalue weighted by atomic mass is 10.1. The third kappa shape index (κ3) is 2.98. The summed E-state index contributed by atoms with van der Waals surface area (Å²) in [7, 11) is 0. The summed E-state index contributed by atoms with van der Waals surface area (Å²) in [5.74, 6) is 0.138. The first-order valence-electron chi connectivity index (χ1n) is 7.21. The minimum absolute atomic E-state index is 0.0326. The van der Waals surface area contributed by atoms with Crippen LogP contribution in [0.15, 0.2) is 24.3 Å². The van der Waals surface area contributed by atoms with Crippen LogP contribution in [0.25, 0.3) is 10.9 Å². The first-order chi connectivity index (χ1) is 10.5. The van der Waals surface area contributed by atoms with Gasteiger partial charge in [0.1, 0.15) is 10.8 Å². The van der Waals surface area contributed by atoms with Gasteiger partial charge in [-0.15, -0.1) is 0 Å². The Bertz CT molecular complexity index is 722. The van der Waals surface area contributed by atoms with Gasteiger partial charge >= 0.3 is 0 Å². The molecule has 0 amide bonds. The molecule has 0 saturated heterocycles. The second kappa shape index (κ2) is 6.06. The Hall–Kier alpha value is -1.92. The summed E-state index contributed by atoms with van der Waals surface area (Å²) >= 11 is 5.83. The van der Waals surface area contributed by atoms with E-state index < -0.39 is 4.92 Å². The van der Waals surface area contributed by atoms with Gasteiger partial charge in [-0.3, -0.25) is 10.1 Å². The average molecular weight is 322 g/mol. The third-order valence-corrected chi connectivity index (χ3v) is 4.35. The molecule has 0 spiro atoms. The number of anilines is 1. The second-order valence-corrected chi connectivity index (χ2v) is 5.98. The molecule has 2 aromatic rings. The molecule has 1 aromatic carbocycles. The highest BCUT2D eigenvalue weighted by molar-refractivity contribution is 6.29. The Morgan fingerprint density at radius 3 is 2.91 bits per heavy atom. The highest BCUT2D eigenvalue weighted by atomic mass is 35.5. The van der Waals surface area contributed by atoms with Gasteiger partial charge in [0.05, 0.1) is 16.5 Å². The maximum atomic E-state index is 11.3.